The van der Waals surface area contributed by atoms with Gasteiger partial charge in [0.15, 0.2) is 22.9 Å². The fourth-order valence-corrected chi connectivity index (χ4v) is 4.31. The van der Waals surface area contributed by atoms with Gasteiger partial charge in [-0.3, -0.25) is 19.5 Å². The molecule has 5 rings (SSSR count). The number of aryl methyl sites for hydroxylation is 1. The van der Waals surface area contributed by atoms with Gasteiger partial charge in [0, 0.05) is 28.5 Å². The molecule has 34 heavy (non-hydrogen) atoms. The summed E-state index contributed by atoms with van der Waals surface area (Å²) in [6, 6.07) is 14.5. The molecule has 0 fully saturated rings. The van der Waals surface area contributed by atoms with Gasteiger partial charge in [0.1, 0.15) is 0 Å². The lowest BCUT2D eigenvalue weighted by molar-refractivity contribution is -0.117. The van der Waals surface area contributed by atoms with Gasteiger partial charge in [-0.15, -0.1) is 0 Å². The summed E-state index contributed by atoms with van der Waals surface area (Å²) in [6.07, 6.45) is 3.12. The predicted octanol–water partition coefficient (Wildman–Crippen LogP) is 5.58. The molecule has 4 aromatic rings. The highest BCUT2D eigenvalue weighted by atomic mass is 35.5. The minimum absolute atomic E-state index is 0.0169. The number of Topliss-reactive ketones (excluding diaryl/α,β-unsaturated/α-hetero) is 1. The minimum atomic E-state index is -0.906. The Morgan fingerprint density at radius 3 is 2.62 bits per heavy atom. The highest BCUT2D eigenvalue weighted by molar-refractivity contribution is 6.31. The van der Waals surface area contributed by atoms with Crippen LogP contribution in [0.4, 0.5) is 5.69 Å². The number of methoxy groups -OCH3 is 1. The average Bonchev–Trinajstić information content (AvgIpc) is 3.40. The zero-order valence-electron chi connectivity index (χ0n) is 18.3. The number of para-hydroxylation sites is 1. The quantitative estimate of drug-likeness (QED) is 0.379. The molecule has 2 aromatic heterocycles. The smallest absolute Gasteiger partial charge is 0.294 e. The summed E-state index contributed by atoms with van der Waals surface area (Å²) < 4.78 is 11.1. The number of hydrogen-bond donors (Lipinski definition) is 1. The Balaban J connectivity index is 1.66. The van der Waals surface area contributed by atoms with Crippen LogP contribution in [0.15, 0.2) is 82.7 Å². The van der Waals surface area contributed by atoms with Gasteiger partial charge < -0.3 is 14.3 Å². The average molecular weight is 475 g/mol. The standard InChI is InChI=1S/C26H19ClN2O5/c1-14-6-7-17(13-18(14)27)29-22(15-8-10-28-11-9-15)21(24(31)26(29)32)23(30)20-12-16-4-3-5-19(33-2)25(16)34-20/h3-13,22,31H,1-2H3. The van der Waals surface area contributed by atoms with Crippen molar-refractivity contribution in [2.75, 3.05) is 12.0 Å². The van der Waals surface area contributed by atoms with Crippen LogP contribution in [0, 0.1) is 6.92 Å². The molecule has 3 heterocycles. The van der Waals surface area contributed by atoms with E-state index in [2.05, 4.69) is 4.98 Å². The number of pyridine rings is 1. The van der Waals surface area contributed by atoms with Crippen molar-refractivity contribution in [2.45, 2.75) is 13.0 Å². The van der Waals surface area contributed by atoms with Crippen molar-refractivity contribution in [1.29, 1.82) is 0 Å². The van der Waals surface area contributed by atoms with Gasteiger partial charge in [-0.25, -0.2) is 0 Å². The number of carbonyl (C=O) groups excluding carboxylic acids is 2. The van der Waals surface area contributed by atoms with E-state index >= 15 is 0 Å². The van der Waals surface area contributed by atoms with Crippen LogP contribution >= 0.6 is 11.6 Å². The number of anilines is 1. The van der Waals surface area contributed by atoms with Crippen LogP contribution in [0.3, 0.4) is 0 Å². The number of benzene rings is 2. The van der Waals surface area contributed by atoms with Gasteiger partial charge in [0.05, 0.1) is 18.7 Å². The number of aliphatic hydroxyl groups excluding tert-OH is 1. The zero-order chi connectivity index (χ0) is 24.0. The molecule has 0 saturated carbocycles. The number of furan rings is 1. The first kappa shape index (κ1) is 21.7. The fraction of sp³-hybridized carbons (Fsp3) is 0.115. The number of rotatable bonds is 5. The van der Waals surface area contributed by atoms with Crippen molar-refractivity contribution in [3.8, 4) is 5.75 Å². The van der Waals surface area contributed by atoms with Gasteiger partial charge in [0.2, 0.25) is 5.78 Å². The highest BCUT2D eigenvalue weighted by Crippen LogP contribution is 2.43. The minimum Gasteiger partial charge on any atom is -0.503 e. The number of fused-ring (bicyclic) bond motifs is 1. The van der Waals surface area contributed by atoms with Crippen molar-refractivity contribution < 1.29 is 23.8 Å². The number of ketones is 1. The van der Waals surface area contributed by atoms with Crippen LogP contribution in [0.2, 0.25) is 5.02 Å². The summed E-state index contributed by atoms with van der Waals surface area (Å²) in [4.78, 5) is 32.3. The number of amides is 1. The first-order valence-corrected chi connectivity index (χ1v) is 10.8. The summed E-state index contributed by atoms with van der Waals surface area (Å²) in [5.74, 6) is -1.50. The number of hydrogen-bond acceptors (Lipinski definition) is 6. The SMILES string of the molecule is COc1cccc2cc(C(=O)C3=C(O)C(=O)N(c4ccc(C)c(Cl)c4)C3c3ccncc3)oc12. The Hall–Kier alpha value is -4.10. The zero-order valence-corrected chi connectivity index (χ0v) is 19.0. The molecule has 1 aliphatic heterocycles. The van der Waals surface area contributed by atoms with E-state index in [1.807, 2.05) is 6.92 Å². The first-order valence-electron chi connectivity index (χ1n) is 10.4. The molecule has 0 radical (unpaired) electrons. The van der Waals surface area contributed by atoms with E-state index in [0.717, 1.165) is 5.56 Å². The van der Waals surface area contributed by atoms with Crippen LogP contribution in [0.1, 0.15) is 27.7 Å². The third-order valence-corrected chi connectivity index (χ3v) is 6.27. The summed E-state index contributed by atoms with van der Waals surface area (Å²) in [7, 11) is 1.51. The van der Waals surface area contributed by atoms with Crippen molar-refractivity contribution in [3.05, 3.63) is 100 Å². The lowest BCUT2D eigenvalue weighted by Gasteiger charge is -2.27. The molecule has 0 spiro atoms. The number of aliphatic hydroxyl groups is 1. The molecule has 170 valence electrons. The maximum Gasteiger partial charge on any atom is 0.294 e. The maximum atomic E-state index is 13.7. The van der Waals surface area contributed by atoms with Crippen LogP contribution in [0.25, 0.3) is 11.0 Å². The normalized spacial score (nSPS) is 15.9. The Morgan fingerprint density at radius 2 is 1.91 bits per heavy atom. The molecule has 0 saturated heterocycles. The van der Waals surface area contributed by atoms with Gasteiger partial charge in [-0.1, -0.05) is 29.8 Å². The maximum absolute atomic E-state index is 13.7. The summed E-state index contributed by atoms with van der Waals surface area (Å²) >= 11 is 6.32. The fourth-order valence-electron chi connectivity index (χ4n) is 4.14. The van der Waals surface area contributed by atoms with E-state index in [1.165, 1.54) is 12.0 Å². The van der Waals surface area contributed by atoms with E-state index in [0.29, 0.717) is 33.0 Å². The molecule has 1 atom stereocenters. The summed E-state index contributed by atoms with van der Waals surface area (Å²) in [5, 5.41) is 12.0. The van der Waals surface area contributed by atoms with Gasteiger partial charge in [-0.05, 0) is 54.4 Å². The van der Waals surface area contributed by atoms with Gasteiger partial charge in [-0.2, -0.15) is 0 Å². The highest BCUT2D eigenvalue weighted by Gasteiger charge is 2.45. The molecule has 0 aliphatic carbocycles. The van der Waals surface area contributed by atoms with E-state index in [1.54, 1.807) is 67.0 Å². The lowest BCUT2D eigenvalue weighted by atomic mass is 9.95. The van der Waals surface area contributed by atoms with Gasteiger partial charge in [0.25, 0.3) is 5.91 Å². The third kappa shape index (κ3) is 3.41. The Labute approximate surface area is 199 Å². The number of halogens is 1. The molecule has 1 N–H and O–H groups in total. The topological polar surface area (TPSA) is 92.9 Å². The second-order valence-corrected chi connectivity index (χ2v) is 8.28. The summed E-state index contributed by atoms with van der Waals surface area (Å²) in [5.41, 5.74) is 2.19. The molecule has 7 nitrogen and oxygen atoms in total. The number of aromatic nitrogens is 1. The van der Waals surface area contributed by atoms with Crippen molar-refractivity contribution in [3.63, 3.8) is 0 Å². The molecule has 1 unspecified atom stereocenters. The Bertz CT molecular complexity index is 1480. The Morgan fingerprint density at radius 1 is 1.15 bits per heavy atom. The second-order valence-electron chi connectivity index (χ2n) is 7.87. The number of carbonyl (C=O) groups is 2. The molecular formula is C26H19ClN2O5. The summed E-state index contributed by atoms with van der Waals surface area (Å²) in [6.45, 7) is 1.85. The molecule has 1 aliphatic rings. The van der Waals surface area contributed by atoms with E-state index in [-0.39, 0.29) is 11.3 Å². The molecule has 8 heteroatoms. The van der Waals surface area contributed by atoms with Crippen LogP contribution < -0.4 is 9.64 Å². The van der Waals surface area contributed by atoms with Crippen molar-refractivity contribution in [1.82, 2.24) is 4.98 Å². The van der Waals surface area contributed by atoms with E-state index < -0.39 is 23.5 Å². The van der Waals surface area contributed by atoms with Crippen molar-refractivity contribution in [2.24, 2.45) is 0 Å². The van der Waals surface area contributed by atoms with Crippen LogP contribution in [-0.4, -0.2) is 28.9 Å². The number of nitrogens with zero attached hydrogens (tertiary/aromatic N) is 2. The molecular weight excluding hydrogens is 456 g/mol. The second kappa shape index (κ2) is 8.35. The first-order chi connectivity index (χ1) is 16.4. The molecule has 2 aromatic carbocycles. The van der Waals surface area contributed by atoms with Gasteiger partial charge >= 0.3 is 0 Å². The Kier molecular flexibility index (Phi) is 5.34. The lowest BCUT2D eigenvalue weighted by Crippen LogP contribution is -2.31. The predicted molar refractivity (Wildman–Crippen MR) is 127 cm³/mol. The number of ether oxygens (including phenoxy) is 1. The van der Waals surface area contributed by atoms with E-state index in [9.17, 15) is 14.7 Å². The van der Waals surface area contributed by atoms with Crippen molar-refractivity contribution >= 4 is 39.9 Å². The van der Waals surface area contributed by atoms with Crippen LogP contribution in [0.5, 0.6) is 5.75 Å². The molecule has 0 bridgehead atoms. The third-order valence-electron chi connectivity index (χ3n) is 5.86. The van der Waals surface area contributed by atoms with E-state index in [4.69, 9.17) is 20.8 Å². The monoisotopic (exact) mass is 474 g/mol. The van der Waals surface area contributed by atoms with Crippen LogP contribution in [-0.2, 0) is 4.79 Å². The molecule has 1 amide bonds. The largest absolute Gasteiger partial charge is 0.503 e.